The number of aliphatic hydroxyl groups is 1. The largest absolute Gasteiger partial charge is 0.385 e. The third-order valence-corrected chi connectivity index (χ3v) is 4.43. The Morgan fingerprint density at radius 3 is 2.96 bits per heavy atom. The van der Waals surface area contributed by atoms with E-state index >= 15 is 0 Å². The Labute approximate surface area is 136 Å². The fraction of sp³-hybridized carbons (Fsp3) is 0.438. The van der Waals surface area contributed by atoms with Gasteiger partial charge in [-0.25, -0.2) is 13.8 Å². The molecule has 4 heterocycles. The van der Waals surface area contributed by atoms with Crippen molar-refractivity contribution in [1.82, 2.24) is 24.8 Å². The van der Waals surface area contributed by atoms with Gasteiger partial charge in [-0.2, -0.15) is 0 Å². The van der Waals surface area contributed by atoms with Crippen molar-refractivity contribution in [2.45, 2.75) is 31.4 Å². The molecule has 2 atom stereocenters. The fourth-order valence-corrected chi connectivity index (χ4v) is 3.36. The van der Waals surface area contributed by atoms with Gasteiger partial charge in [0.05, 0.1) is 23.8 Å². The van der Waals surface area contributed by atoms with E-state index < -0.39 is 24.6 Å². The van der Waals surface area contributed by atoms with Gasteiger partial charge in [0.15, 0.2) is 0 Å². The molecular formula is C16H17F2N5O. The average molecular weight is 333 g/mol. The third-order valence-electron chi connectivity index (χ3n) is 4.43. The van der Waals surface area contributed by atoms with Gasteiger partial charge in [0, 0.05) is 6.20 Å². The molecular weight excluding hydrogens is 316 g/mol. The molecule has 0 saturated carbocycles. The molecule has 0 aliphatic carbocycles. The Hall–Kier alpha value is -2.19. The second kappa shape index (κ2) is 5.42. The standard InChI is InChI=1S/C16H17F2N5O/c1-9(24)15-22-11-7-21-10-3-2-5-20-13(10)14(11)23(15)12-4-6-19-8-16(12,17)18/h2-3,5,7,9,12,19,24H,4,6,8H2,1H3/t9-,12?/m1/s1. The third kappa shape index (κ3) is 2.25. The van der Waals surface area contributed by atoms with Crippen molar-refractivity contribution < 1.29 is 13.9 Å². The number of nitrogens with one attached hydrogen (secondary N) is 1. The summed E-state index contributed by atoms with van der Waals surface area (Å²) in [4.78, 5) is 13.0. The molecule has 8 heteroatoms. The smallest absolute Gasteiger partial charge is 0.280 e. The van der Waals surface area contributed by atoms with E-state index in [-0.39, 0.29) is 12.2 Å². The van der Waals surface area contributed by atoms with Crippen LogP contribution in [0.3, 0.4) is 0 Å². The maximum absolute atomic E-state index is 14.6. The molecule has 2 N–H and O–H groups in total. The lowest BCUT2D eigenvalue weighted by atomic mass is 10.0. The molecule has 1 aliphatic rings. The molecule has 126 valence electrons. The van der Waals surface area contributed by atoms with Crippen LogP contribution in [0.2, 0.25) is 0 Å². The zero-order chi connectivity index (χ0) is 16.9. The zero-order valence-corrected chi connectivity index (χ0v) is 13.1. The molecule has 0 bridgehead atoms. The Morgan fingerprint density at radius 1 is 1.38 bits per heavy atom. The molecule has 0 aromatic carbocycles. The van der Waals surface area contributed by atoms with Crippen LogP contribution in [0, 0.1) is 0 Å². The molecule has 1 saturated heterocycles. The summed E-state index contributed by atoms with van der Waals surface area (Å²) >= 11 is 0. The monoisotopic (exact) mass is 333 g/mol. The first-order chi connectivity index (χ1) is 11.5. The van der Waals surface area contributed by atoms with Gasteiger partial charge in [-0.15, -0.1) is 0 Å². The molecule has 1 unspecified atom stereocenters. The van der Waals surface area contributed by atoms with Crippen molar-refractivity contribution in [3.8, 4) is 0 Å². The summed E-state index contributed by atoms with van der Waals surface area (Å²) < 4.78 is 30.6. The summed E-state index contributed by atoms with van der Waals surface area (Å²) in [6, 6.07) is 2.44. The van der Waals surface area contributed by atoms with E-state index in [1.807, 2.05) is 0 Å². The van der Waals surface area contributed by atoms with Gasteiger partial charge in [0.2, 0.25) is 0 Å². The Morgan fingerprint density at radius 2 is 2.21 bits per heavy atom. The number of fused-ring (bicyclic) bond motifs is 3. The number of hydrogen-bond donors (Lipinski definition) is 2. The summed E-state index contributed by atoms with van der Waals surface area (Å²) in [5.74, 6) is -2.73. The van der Waals surface area contributed by atoms with Crippen molar-refractivity contribution in [3.05, 3.63) is 30.4 Å². The lowest BCUT2D eigenvalue weighted by Gasteiger charge is -2.34. The summed E-state index contributed by atoms with van der Waals surface area (Å²) in [6.45, 7) is 1.61. The zero-order valence-electron chi connectivity index (χ0n) is 13.1. The van der Waals surface area contributed by atoms with E-state index in [9.17, 15) is 13.9 Å². The van der Waals surface area contributed by atoms with Crippen LogP contribution in [0.1, 0.15) is 31.3 Å². The summed E-state index contributed by atoms with van der Waals surface area (Å²) in [6.07, 6.45) is 2.42. The van der Waals surface area contributed by atoms with E-state index in [0.29, 0.717) is 28.6 Å². The van der Waals surface area contributed by atoms with Crippen molar-refractivity contribution in [1.29, 1.82) is 0 Å². The molecule has 0 spiro atoms. The number of rotatable bonds is 2. The maximum Gasteiger partial charge on any atom is 0.280 e. The predicted molar refractivity (Wildman–Crippen MR) is 84.9 cm³/mol. The lowest BCUT2D eigenvalue weighted by Crippen LogP contribution is -2.47. The SMILES string of the molecule is C[C@@H](O)c1nc2cnc3cccnc3c2n1C1CCNCC1(F)F. The Kier molecular flexibility index (Phi) is 3.47. The lowest BCUT2D eigenvalue weighted by molar-refractivity contribution is -0.0666. The van der Waals surface area contributed by atoms with Crippen molar-refractivity contribution in [3.63, 3.8) is 0 Å². The highest BCUT2D eigenvalue weighted by molar-refractivity contribution is 5.99. The highest BCUT2D eigenvalue weighted by Crippen LogP contribution is 2.39. The number of pyridine rings is 2. The van der Waals surface area contributed by atoms with Gasteiger partial charge in [-0.3, -0.25) is 9.97 Å². The molecule has 4 rings (SSSR count). The van der Waals surface area contributed by atoms with Crippen molar-refractivity contribution in [2.24, 2.45) is 0 Å². The molecule has 6 nitrogen and oxygen atoms in total. The van der Waals surface area contributed by atoms with Crippen LogP contribution in [0.15, 0.2) is 24.5 Å². The van der Waals surface area contributed by atoms with Crippen molar-refractivity contribution >= 4 is 22.1 Å². The average Bonchev–Trinajstić information content (AvgIpc) is 2.94. The molecule has 1 fully saturated rings. The highest BCUT2D eigenvalue weighted by atomic mass is 19.3. The van der Waals surface area contributed by atoms with E-state index in [1.54, 1.807) is 24.5 Å². The van der Waals surface area contributed by atoms with Crippen LogP contribution in [0.25, 0.3) is 22.1 Å². The molecule has 0 radical (unpaired) electrons. The second-order valence-corrected chi connectivity index (χ2v) is 6.12. The molecule has 0 amide bonds. The molecule has 24 heavy (non-hydrogen) atoms. The van der Waals surface area contributed by atoms with Crippen LogP contribution >= 0.6 is 0 Å². The van der Waals surface area contributed by atoms with Gasteiger partial charge in [-0.05, 0) is 32.0 Å². The number of halogens is 2. The minimum atomic E-state index is -2.94. The fourth-order valence-electron chi connectivity index (χ4n) is 3.36. The Bertz CT molecular complexity index is 908. The summed E-state index contributed by atoms with van der Waals surface area (Å²) in [5, 5.41) is 12.8. The Balaban J connectivity index is 2.07. The molecule has 3 aromatic heterocycles. The van der Waals surface area contributed by atoms with Crippen LogP contribution in [-0.4, -0.2) is 43.6 Å². The number of imidazole rings is 1. The van der Waals surface area contributed by atoms with E-state index in [1.165, 1.54) is 11.5 Å². The summed E-state index contributed by atoms with van der Waals surface area (Å²) in [7, 11) is 0. The number of aliphatic hydroxyl groups excluding tert-OH is 1. The predicted octanol–water partition coefficient (Wildman–Crippen LogP) is 2.20. The maximum atomic E-state index is 14.6. The van der Waals surface area contributed by atoms with Crippen LogP contribution in [-0.2, 0) is 0 Å². The number of hydrogen-bond acceptors (Lipinski definition) is 5. The number of aromatic nitrogens is 4. The number of piperidine rings is 1. The number of nitrogens with zero attached hydrogens (tertiary/aromatic N) is 4. The van der Waals surface area contributed by atoms with E-state index in [2.05, 4.69) is 20.3 Å². The van der Waals surface area contributed by atoms with Gasteiger partial charge < -0.3 is 15.0 Å². The minimum Gasteiger partial charge on any atom is -0.385 e. The topological polar surface area (TPSA) is 75.9 Å². The van der Waals surface area contributed by atoms with Crippen LogP contribution in [0.5, 0.6) is 0 Å². The van der Waals surface area contributed by atoms with Crippen LogP contribution < -0.4 is 5.32 Å². The van der Waals surface area contributed by atoms with Gasteiger partial charge in [-0.1, -0.05) is 0 Å². The first kappa shape index (κ1) is 15.3. The van der Waals surface area contributed by atoms with Gasteiger partial charge in [0.1, 0.15) is 29.0 Å². The van der Waals surface area contributed by atoms with Crippen molar-refractivity contribution in [2.75, 3.05) is 13.1 Å². The normalized spacial score (nSPS) is 22.1. The molecule has 3 aromatic rings. The number of alkyl halides is 2. The van der Waals surface area contributed by atoms with E-state index in [4.69, 9.17) is 0 Å². The molecule has 1 aliphatic heterocycles. The minimum absolute atomic E-state index is 0.219. The first-order valence-corrected chi connectivity index (χ1v) is 7.87. The van der Waals surface area contributed by atoms with E-state index in [0.717, 1.165) is 0 Å². The summed E-state index contributed by atoms with van der Waals surface area (Å²) in [5.41, 5.74) is 2.10. The first-order valence-electron chi connectivity index (χ1n) is 7.87. The quantitative estimate of drug-likeness (QED) is 0.752. The van der Waals surface area contributed by atoms with Crippen LogP contribution in [0.4, 0.5) is 8.78 Å². The van der Waals surface area contributed by atoms with Gasteiger partial charge >= 0.3 is 0 Å². The second-order valence-electron chi connectivity index (χ2n) is 6.12. The highest BCUT2D eigenvalue weighted by Gasteiger charge is 2.44. The van der Waals surface area contributed by atoms with Gasteiger partial charge in [0.25, 0.3) is 5.92 Å².